The summed E-state index contributed by atoms with van der Waals surface area (Å²) >= 11 is 1.29. The van der Waals surface area contributed by atoms with E-state index in [9.17, 15) is 9.59 Å². The topological polar surface area (TPSA) is 78.0 Å². The summed E-state index contributed by atoms with van der Waals surface area (Å²) in [6, 6.07) is 14.1. The Kier molecular flexibility index (Phi) is 7.83. The molecule has 32 heavy (non-hydrogen) atoms. The molecule has 0 atom stereocenters. The number of hydrogen-bond acceptors (Lipinski definition) is 7. The minimum absolute atomic E-state index is 0.00984. The molecule has 0 bridgehead atoms. The summed E-state index contributed by atoms with van der Waals surface area (Å²) in [6.45, 7) is 6.13. The second kappa shape index (κ2) is 10.8. The van der Waals surface area contributed by atoms with E-state index >= 15 is 0 Å². The molecule has 3 aromatic rings. The molecule has 1 heterocycles. The zero-order chi connectivity index (χ0) is 23.1. The van der Waals surface area contributed by atoms with Crippen molar-refractivity contribution in [1.29, 1.82) is 0 Å². The number of hydrogen-bond donors (Lipinski definition) is 0. The molecule has 3 rings (SSSR count). The number of thiazole rings is 1. The lowest BCUT2D eigenvalue weighted by molar-refractivity contribution is -0.115. The van der Waals surface area contributed by atoms with Gasteiger partial charge in [0.25, 0.3) is 0 Å². The Morgan fingerprint density at radius 1 is 1.12 bits per heavy atom. The van der Waals surface area contributed by atoms with Gasteiger partial charge in [0.05, 0.1) is 30.7 Å². The molecule has 0 aliphatic rings. The number of rotatable bonds is 9. The molecular formula is C24H26N2O5S. The first-order chi connectivity index (χ1) is 15.4. The average Bonchev–Trinajstić information content (AvgIpc) is 3.25. The lowest BCUT2D eigenvalue weighted by Gasteiger charge is -2.20. The highest BCUT2D eigenvalue weighted by Gasteiger charge is 2.21. The van der Waals surface area contributed by atoms with Gasteiger partial charge in [0.2, 0.25) is 5.91 Å². The standard InChI is InChI=1S/C24H26N2O5S/c1-16(2)13-30-20-9-7-8-18(12-20)23(28)31-14-19-15-32-24(25-19)26(17(3)27)21-10-5-6-11-22(21)29-4/h5-12,15-16H,13-14H2,1-4H3. The van der Waals surface area contributed by atoms with Crippen LogP contribution in [0.3, 0.4) is 0 Å². The van der Waals surface area contributed by atoms with E-state index in [1.165, 1.54) is 23.2 Å². The Labute approximate surface area is 191 Å². The zero-order valence-corrected chi connectivity index (χ0v) is 19.3. The second-order valence-corrected chi connectivity index (χ2v) is 8.29. The second-order valence-electron chi connectivity index (χ2n) is 7.46. The van der Waals surface area contributed by atoms with Gasteiger partial charge in [-0.1, -0.05) is 32.0 Å². The quantitative estimate of drug-likeness (QED) is 0.412. The summed E-state index contributed by atoms with van der Waals surface area (Å²) in [5.41, 5.74) is 1.55. The summed E-state index contributed by atoms with van der Waals surface area (Å²) < 4.78 is 16.5. The molecule has 1 aromatic heterocycles. The van der Waals surface area contributed by atoms with Gasteiger partial charge in [-0.2, -0.15) is 0 Å². The van der Waals surface area contributed by atoms with Gasteiger partial charge >= 0.3 is 5.97 Å². The van der Waals surface area contributed by atoms with Crippen LogP contribution in [0.4, 0.5) is 10.8 Å². The third-order valence-corrected chi connectivity index (χ3v) is 5.25. The average molecular weight is 455 g/mol. The van der Waals surface area contributed by atoms with Crippen molar-refractivity contribution in [2.75, 3.05) is 18.6 Å². The predicted molar refractivity (Wildman–Crippen MR) is 124 cm³/mol. The van der Waals surface area contributed by atoms with Gasteiger partial charge in [-0.3, -0.25) is 9.69 Å². The van der Waals surface area contributed by atoms with E-state index in [1.807, 2.05) is 12.1 Å². The van der Waals surface area contributed by atoms with E-state index in [1.54, 1.807) is 48.9 Å². The molecule has 0 saturated carbocycles. The van der Waals surface area contributed by atoms with Crippen molar-refractivity contribution in [2.45, 2.75) is 27.4 Å². The smallest absolute Gasteiger partial charge is 0.338 e. The van der Waals surface area contributed by atoms with E-state index in [-0.39, 0.29) is 12.5 Å². The van der Waals surface area contributed by atoms with Crippen LogP contribution in [0, 0.1) is 5.92 Å². The van der Waals surface area contributed by atoms with Crippen molar-refractivity contribution in [3.05, 3.63) is 65.2 Å². The Hall–Kier alpha value is -3.39. The molecule has 8 heteroatoms. The monoisotopic (exact) mass is 454 g/mol. The molecule has 0 fully saturated rings. The number of benzene rings is 2. The van der Waals surface area contributed by atoms with Crippen LogP contribution in [0.2, 0.25) is 0 Å². The number of nitrogens with zero attached hydrogens (tertiary/aromatic N) is 2. The molecular weight excluding hydrogens is 428 g/mol. The number of methoxy groups -OCH3 is 1. The van der Waals surface area contributed by atoms with Crippen molar-refractivity contribution >= 4 is 34.0 Å². The lowest BCUT2D eigenvalue weighted by atomic mass is 10.2. The van der Waals surface area contributed by atoms with Gasteiger partial charge in [0.1, 0.15) is 18.1 Å². The van der Waals surface area contributed by atoms with Crippen molar-refractivity contribution in [3.63, 3.8) is 0 Å². The van der Waals surface area contributed by atoms with Crippen LogP contribution in [0.1, 0.15) is 36.8 Å². The number of carbonyl (C=O) groups is 2. The molecule has 0 spiro atoms. The van der Waals surface area contributed by atoms with Gasteiger partial charge in [-0.15, -0.1) is 11.3 Å². The zero-order valence-electron chi connectivity index (χ0n) is 18.5. The van der Waals surface area contributed by atoms with Gasteiger partial charge in [0.15, 0.2) is 5.13 Å². The van der Waals surface area contributed by atoms with E-state index in [2.05, 4.69) is 18.8 Å². The third-order valence-electron chi connectivity index (χ3n) is 4.38. The van der Waals surface area contributed by atoms with Crippen LogP contribution in [-0.2, 0) is 16.1 Å². The summed E-state index contributed by atoms with van der Waals surface area (Å²) in [5.74, 6) is 0.895. The molecule has 1 amide bonds. The van der Waals surface area contributed by atoms with E-state index in [4.69, 9.17) is 14.2 Å². The van der Waals surface area contributed by atoms with Gasteiger partial charge in [0, 0.05) is 12.3 Å². The van der Waals surface area contributed by atoms with Gasteiger partial charge < -0.3 is 14.2 Å². The largest absolute Gasteiger partial charge is 0.495 e. The van der Waals surface area contributed by atoms with Crippen molar-refractivity contribution < 1.29 is 23.8 Å². The first-order valence-corrected chi connectivity index (χ1v) is 11.0. The van der Waals surface area contributed by atoms with Crippen molar-refractivity contribution in [1.82, 2.24) is 4.98 Å². The predicted octanol–water partition coefficient (Wildman–Crippen LogP) is 5.23. The maximum Gasteiger partial charge on any atom is 0.338 e. The number of anilines is 2. The van der Waals surface area contributed by atoms with Crippen LogP contribution >= 0.6 is 11.3 Å². The maximum atomic E-state index is 12.5. The molecule has 0 unspecified atom stereocenters. The highest BCUT2D eigenvalue weighted by atomic mass is 32.1. The highest BCUT2D eigenvalue weighted by Crippen LogP contribution is 2.35. The minimum Gasteiger partial charge on any atom is -0.495 e. The van der Waals surface area contributed by atoms with Crippen molar-refractivity contribution in [2.24, 2.45) is 5.92 Å². The highest BCUT2D eigenvalue weighted by molar-refractivity contribution is 7.14. The number of ether oxygens (including phenoxy) is 3. The number of amides is 1. The fourth-order valence-electron chi connectivity index (χ4n) is 2.89. The van der Waals surface area contributed by atoms with E-state index in [0.29, 0.717) is 46.1 Å². The molecule has 0 aliphatic carbocycles. The summed E-state index contributed by atoms with van der Waals surface area (Å²) in [6.07, 6.45) is 0. The van der Waals surface area contributed by atoms with Crippen molar-refractivity contribution in [3.8, 4) is 11.5 Å². The van der Waals surface area contributed by atoms with Crippen LogP contribution in [-0.4, -0.2) is 30.6 Å². The van der Waals surface area contributed by atoms with Crippen LogP contribution in [0.15, 0.2) is 53.9 Å². The minimum atomic E-state index is -0.470. The lowest BCUT2D eigenvalue weighted by Crippen LogP contribution is -2.23. The number of esters is 1. The Morgan fingerprint density at radius 3 is 2.62 bits per heavy atom. The molecule has 0 radical (unpaired) electrons. The van der Waals surface area contributed by atoms with Gasteiger partial charge in [-0.05, 0) is 36.2 Å². The first-order valence-electron chi connectivity index (χ1n) is 10.2. The molecule has 0 saturated heterocycles. The first kappa shape index (κ1) is 23.3. The molecule has 0 N–H and O–H groups in total. The number of carbonyl (C=O) groups excluding carboxylic acids is 2. The summed E-state index contributed by atoms with van der Waals surface area (Å²) in [5, 5.41) is 2.23. The molecule has 168 valence electrons. The Bertz CT molecular complexity index is 1080. The fourth-order valence-corrected chi connectivity index (χ4v) is 3.75. The maximum absolute atomic E-state index is 12.5. The number of aromatic nitrogens is 1. The van der Waals surface area contributed by atoms with E-state index in [0.717, 1.165) is 0 Å². The summed E-state index contributed by atoms with van der Waals surface area (Å²) in [4.78, 5) is 30.8. The van der Waals surface area contributed by atoms with Crippen LogP contribution < -0.4 is 14.4 Å². The van der Waals surface area contributed by atoms with Crippen LogP contribution in [0.5, 0.6) is 11.5 Å². The SMILES string of the molecule is COc1ccccc1N(C(C)=O)c1nc(COC(=O)c2cccc(OCC(C)C)c2)cs1. The molecule has 7 nitrogen and oxygen atoms in total. The summed E-state index contributed by atoms with van der Waals surface area (Å²) in [7, 11) is 1.55. The third kappa shape index (κ3) is 5.85. The van der Waals surface area contributed by atoms with Gasteiger partial charge in [-0.25, -0.2) is 9.78 Å². The number of para-hydroxylation sites is 2. The molecule has 2 aromatic carbocycles. The van der Waals surface area contributed by atoms with Crippen LogP contribution in [0.25, 0.3) is 0 Å². The Balaban J connectivity index is 1.69. The van der Waals surface area contributed by atoms with E-state index < -0.39 is 5.97 Å². The fraction of sp³-hybridized carbons (Fsp3) is 0.292. The normalized spacial score (nSPS) is 10.7. The molecule has 0 aliphatic heterocycles. The Morgan fingerprint density at radius 2 is 1.91 bits per heavy atom.